The molecule has 0 fully saturated rings. The number of hydrogen-bond donors (Lipinski definition) is 2. The summed E-state index contributed by atoms with van der Waals surface area (Å²) in [6.07, 6.45) is 0.832. The van der Waals surface area contributed by atoms with Gasteiger partial charge >= 0.3 is 5.97 Å². The number of nitrogens with zero attached hydrogens (tertiary/aromatic N) is 1. The molecule has 0 atom stereocenters. The zero-order valence-electron chi connectivity index (χ0n) is 12.9. The number of rotatable bonds is 10. The molecule has 0 unspecified atom stereocenters. The summed E-state index contributed by atoms with van der Waals surface area (Å²) in [6, 6.07) is 10.2. The van der Waals surface area contributed by atoms with Gasteiger partial charge in [0, 0.05) is 16.8 Å². The molecule has 0 aliphatic carbocycles. The van der Waals surface area contributed by atoms with Crippen molar-refractivity contribution in [1.82, 2.24) is 10.3 Å². The van der Waals surface area contributed by atoms with Crippen LogP contribution < -0.4 is 5.32 Å². The molecule has 0 saturated heterocycles. The third-order valence-electron chi connectivity index (χ3n) is 2.84. The van der Waals surface area contributed by atoms with Crippen LogP contribution in [0.5, 0.6) is 0 Å². The SMILES string of the molecule is O=C(O)Cc1csc(SCC(=O)NCCCSc2ccccc2)n1. The quantitative estimate of drug-likeness (QED) is 0.485. The maximum absolute atomic E-state index is 11.8. The number of carboxylic acid groups (broad SMARTS) is 1. The van der Waals surface area contributed by atoms with E-state index in [0.717, 1.165) is 16.5 Å². The minimum absolute atomic E-state index is 0.0281. The fourth-order valence-electron chi connectivity index (χ4n) is 1.78. The lowest BCUT2D eigenvalue weighted by atomic mass is 10.3. The molecule has 0 radical (unpaired) electrons. The van der Waals surface area contributed by atoms with Crippen LogP contribution in [0.4, 0.5) is 0 Å². The van der Waals surface area contributed by atoms with Crippen LogP contribution in [0.15, 0.2) is 44.9 Å². The van der Waals surface area contributed by atoms with Gasteiger partial charge in [-0.2, -0.15) is 0 Å². The lowest BCUT2D eigenvalue weighted by Gasteiger charge is -2.04. The summed E-state index contributed by atoms with van der Waals surface area (Å²) in [7, 11) is 0. The monoisotopic (exact) mass is 382 g/mol. The summed E-state index contributed by atoms with van der Waals surface area (Å²) in [6.45, 7) is 0.654. The van der Waals surface area contributed by atoms with E-state index in [-0.39, 0.29) is 12.3 Å². The molecular weight excluding hydrogens is 364 g/mol. The molecule has 128 valence electrons. The van der Waals surface area contributed by atoms with Gasteiger partial charge in [-0.15, -0.1) is 23.1 Å². The van der Waals surface area contributed by atoms with Crippen LogP contribution in [-0.4, -0.2) is 40.0 Å². The van der Waals surface area contributed by atoms with Gasteiger partial charge in [0.25, 0.3) is 0 Å². The number of thioether (sulfide) groups is 2. The predicted molar refractivity (Wildman–Crippen MR) is 99.0 cm³/mol. The molecule has 0 spiro atoms. The molecule has 8 heteroatoms. The van der Waals surface area contributed by atoms with E-state index >= 15 is 0 Å². The van der Waals surface area contributed by atoms with E-state index in [4.69, 9.17) is 5.11 Å². The molecular formula is C16H18N2O3S3. The van der Waals surface area contributed by atoms with Gasteiger partial charge in [0.2, 0.25) is 5.91 Å². The molecule has 1 heterocycles. The van der Waals surface area contributed by atoms with Gasteiger partial charge in [-0.1, -0.05) is 30.0 Å². The average molecular weight is 383 g/mol. The molecule has 2 N–H and O–H groups in total. The van der Waals surface area contributed by atoms with E-state index in [1.54, 1.807) is 17.1 Å². The first-order chi connectivity index (χ1) is 11.6. The minimum Gasteiger partial charge on any atom is -0.481 e. The van der Waals surface area contributed by atoms with E-state index < -0.39 is 5.97 Å². The summed E-state index contributed by atoms with van der Waals surface area (Å²) in [5.74, 6) is 0.330. The second-order valence-corrected chi connectivity index (χ2v) is 8.08. The minimum atomic E-state index is -0.900. The number of aliphatic carboxylic acids is 1. The fraction of sp³-hybridized carbons (Fsp3) is 0.312. The first kappa shape index (κ1) is 18.8. The van der Waals surface area contributed by atoms with E-state index in [9.17, 15) is 9.59 Å². The zero-order valence-corrected chi connectivity index (χ0v) is 15.4. The number of amides is 1. The number of aromatic nitrogens is 1. The van der Waals surface area contributed by atoms with Crippen molar-refractivity contribution in [1.29, 1.82) is 0 Å². The van der Waals surface area contributed by atoms with Gasteiger partial charge < -0.3 is 10.4 Å². The first-order valence-corrected chi connectivity index (χ1v) is 10.2. The van der Waals surface area contributed by atoms with Crippen molar-refractivity contribution < 1.29 is 14.7 Å². The Hall–Kier alpha value is -1.51. The van der Waals surface area contributed by atoms with Crippen LogP contribution in [0.1, 0.15) is 12.1 Å². The third kappa shape index (κ3) is 7.37. The van der Waals surface area contributed by atoms with Crippen LogP contribution in [0, 0.1) is 0 Å². The Labute approximate surface area is 153 Å². The fourth-order valence-corrected chi connectivity index (χ4v) is 4.32. The maximum atomic E-state index is 11.8. The summed E-state index contributed by atoms with van der Waals surface area (Å²) < 4.78 is 0.723. The summed E-state index contributed by atoms with van der Waals surface area (Å²) >= 11 is 4.48. The largest absolute Gasteiger partial charge is 0.481 e. The average Bonchev–Trinajstić information content (AvgIpc) is 3.00. The topological polar surface area (TPSA) is 79.3 Å². The highest BCUT2D eigenvalue weighted by atomic mass is 32.2. The zero-order chi connectivity index (χ0) is 17.2. The summed E-state index contributed by atoms with van der Waals surface area (Å²) in [5, 5.41) is 13.3. The summed E-state index contributed by atoms with van der Waals surface area (Å²) in [5.41, 5.74) is 0.536. The molecule has 0 aliphatic rings. The number of benzene rings is 1. The number of hydrogen-bond acceptors (Lipinski definition) is 6. The van der Waals surface area contributed by atoms with E-state index in [2.05, 4.69) is 22.4 Å². The Morgan fingerprint density at radius 2 is 2.00 bits per heavy atom. The Balaban J connectivity index is 1.56. The van der Waals surface area contributed by atoms with Crippen LogP contribution in [0.25, 0.3) is 0 Å². The maximum Gasteiger partial charge on any atom is 0.309 e. The molecule has 0 aliphatic heterocycles. The van der Waals surface area contributed by atoms with Crippen molar-refractivity contribution in [2.45, 2.75) is 22.1 Å². The van der Waals surface area contributed by atoms with E-state index in [1.165, 1.54) is 28.0 Å². The molecule has 0 saturated carbocycles. The van der Waals surface area contributed by atoms with Gasteiger partial charge in [-0.3, -0.25) is 9.59 Å². The molecule has 2 rings (SSSR count). The van der Waals surface area contributed by atoms with Crippen LogP contribution in [-0.2, 0) is 16.0 Å². The van der Waals surface area contributed by atoms with E-state index in [1.807, 2.05) is 18.2 Å². The van der Waals surface area contributed by atoms with E-state index in [0.29, 0.717) is 18.0 Å². The van der Waals surface area contributed by atoms with Crippen molar-refractivity contribution in [2.24, 2.45) is 0 Å². The van der Waals surface area contributed by atoms with Crippen molar-refractivity contribution in [3.05, 3.63) is 41.4 Å². The predicted octanol–water partition coefficient (Wildman–Crippen LogP) is 3.16. The van der Waals surface area contributed by atoms with Crippen LogP contribution in [0.3, 0.4) is 0 Å². The first-order valence-electron chi connectivity index (χ1n) is 7.37. The molecule has 2 aromatic rings. The number of nitrogens with one attached hydrogen (secondary N) is 1. The molecule has 1 aromatic heterocycles. The number of thiazole rings is 1. The van der Waals surface area contributed by atoms with Crippen molar-refractivity contribution >= 4 is 46.7 Å². The second kappa shape index (κ2) is 10.4. The van der Waals surface area contributed by atoms with Crippen LogP contribution in [0.2, 0.25) is 0 Å². The van der Waals surface area contributed by atoms with Gasteiger partial charge in [0.1, 0.15) is 0 Å². The molecule has 24 heavy (non-hydrogen) atoms. The Kier molecular flexibility index (Phi) is 8.14. The highest BCUT2D eigenvalue weighted by molar-refractivity contribution is 8.01. The highest BCUT2D eigenvalue weighted by Crippen LogP contribution is 2.22. The third-order valence-corrected chi connectivity index (χ3v) is 6.01. The van der Waals surface area contributed by atoms with Gasteiger partial charge in [-0.05, 0) is 24.3 Å². The lowest BCUT2D eigenvalue weighted by molar-refractivity contribution is -0.136. The smallest absolute Gasteiger partial charge is 0.309 e. The van der Waals surface area contributed by atoms with Crippen molar-refractivity contribution in [3.8, 4) is 0 Å². The second-order valence-electron chi connectivity index (χ2n) is 4.83. The molecule has 1 amide bonds. The molecule has 5 nitrogen and oxygen atoms in total. The molecule has 0 bridgehead atoms. The lowest BCUT2D eigenvalue weighted by Crippen LogP contribution is -2.26. The summed E-state index contributed by atoms with van der Waals surface area (Å²) in [4.78, 5) is 27.8. The van der Waals surface area contributed by atoms with Gasteiger partial charge in [0.15, 0.2) is 4.34 Å². The Morgan fingerprint density at radius 3 is 2.75 bits per heavy atom. The standard InChI is InChI=1S/C16H18N2O3S3/c19-14(11-24-16-18-12(10-23-16)9-15(20)21)17-7-4-8-22-13-5-2-1-3-6-13/h1-3,5-6,10H,4,7-9,11H2,(H,17,19)(H,20,21). The normalized spacial score (nSPS) is 10.5. The number of carboxylic acids is 1. The van der Waals surface area contributed by atoms with Crippen molar-refractivity contribution in [2.75, 3.05) is 18.1 Å². The van der Waals surface area contributed by atoms with Gasteiger partial charge in [0.05, 0.1) is 17.9 Å². The number of carbonyl (C=O) groups is 2. The Bertz CT molecular complexity index is 662. The Morgan fingerprint density at radius 1 is 1.21 bits per heavy atom. The highest BCUT2D eigenvalue weighted by Gasteiger charge is 2.08. The number of carbonyl (C=O) groups excluding carboxylic acids is 1. The molecule has 1 aromatic carbocycles. The van der Waals surface area contributed by atoms with Crippen molar-refractivity contribution in [3.63, 3.8) is 0 Å². The van der Waals surface area contributed by atoms with Crippen LogP contribution >= 0.6 is 34.9 Å². The van der Waals surface area contributed by atoms with Gasteiger partial charge in [-0.25, -0.2) is 4.98 Å².